The number of aliphatic imine (C=N–C) groups is 1. The molecule has 3 aromatic rings. The van der Waals surface area contributed by atoms with Crippen molar-refractivity contribution in [1.82, 2.24) is 20.6 Å². The first kappa shape index (κ1) is 20.9. The van der Waals surface area contributed by atoms with Crippen LogP contribution in [0.25, 0.3) is 11.5 Å². The van der Waals surface area contributed by atoms with Crippen LogP contribution in [-0.4, -0.2) is 23.0 Å². The molecule has 142 valence electrons. The van der Waals surface area contributed by atoms with Crippen LogP contribution in [0.2, 0.25) is 0 Å². The van der Waals surface area contributed by atoms with Gasteiger partial charge >= 0.3 is 0 Å². The molecule has 0 aliphatic rings. The van der Waals surface area contributed by atoms with Crippen molar-refractivity contribution in [2.75, 3.05) is 7.05 Å². The molecule has 3 rings (SSSR count). The maximum atomic E-state index is 5.58. The average Bonchev–Trinajstić information content (AvgIpc) is 3.11. The number of halogens is 1. The lowest BCUT2D eigenvalue weighted by Gasteiger charge is -2.10. The number of nitrogens with zero attached hydrogens (tertiary/aromatic N) is 3. The zero-order valence-corrected chi connectivity index (χ0v) is 18.0. The van der Waals surface area contributed by atoms with Crippen LogP contribution in [0.4, 0.5) is 0 Å². The van der Waals surface area contributed by atoms with E-state index in [-0.39, 0.29) is 24.0 Å². The molecule has 0 unspecified atom stereocenters. The molecule has 0 aliphatic carbocycles. The van der Waals surface area contributed by atoms with E-state index in [9.17, 15) is 0 Å². The van der Waals surface area contributed by atoms with Gasteiger partial charge in [0, 0.05) is 18.3 Å². The maximum Gasteiger partial charge on any atom is 0.226 e. The minimum absolute atomic E-state index is 0. The maximum absolute atomic E-state index is 5.58. The van der Waals surface area contributed by atoms with Crippen molar-refractivity contribution in [2.45, 2.75) is 26.9 Å². The molecular formula is C20H24IN5O. The molecule has 1 aromatic carbocycles. The average molecular weight is 477 g/mol. The van der Waals surface area contributed by atoms with Crippen LogP contribution >= 0.6 is 24.0 Å². The van der Waals surface area contributed by atoms with Gasteiger partial charge in [-0.05, 0) is 38.1 Å². The van der Waals surface area contributed by atoms with Gasteiger partial charge in [0.05, 0.1) is 24.5 Å². The molecule has 6 nitrogen and oxygen atoms in total. The molecule has 0 saturated heterocycles. The van der Waals surface area contributed by atoms with E-state index >= 15 is 0 Å². The number of aryl methyl sites for hydroxylation is 2. The van der Waals surface area contributed by atoms with E-state index in [4.69, 9.17) is 4.42 Å². The van der Waals surface area contributed by atoms with Crippen LogP contribution in [-0.2, 0) is 13.1 Å². The molecule has 0 bridgehead atoms. The molecule has 0 aliphatic heterocycles. The van der Waals surface area contributed by atoms with Crippen LogP contribution in [0, 0.1) is 13.8 Å². The summed E-state index contributed by atoms with van der Waals surface area (Å²) in [5.41, 5.74) is 4.96. The van der Waals surface area contributed by atoms with E-state index in [2.05, 4.69) is 32.5 Å². The number of rotatable bonds is 5. The van der Waals surface area contributed by atoms with E-state index < -0.39 is 0 Å². The highest BCUT2D eigenvalue weighted by atomic mass is 127. The number of oxazole rings is 1. The normalized spacial score (nSPS) is 11.0. The van der Waals surface area contributed by atoms with Gasteiger partial charge in [-0.25, -0.2) is 4.98 Å². The number of hydrogen-bond donors (Lipinski definition) is 2. The van der Waals surface area contributed by atoms with Crippen molar-refractivity contribution in [3.8, 4) is 11.5 Å². The van der Waals surface area contributed by atoms with Crippen molar-refractivity contribution in [3.63, 3.8) is 0 Å². The van der Waals surface area contributed by atoms with E-state index in [0.717, 1.165) is 22.6 Å². The zero-order chi connectivity index (χ0) is 18.4. The number of guanidine groups is 1. The number of aromatic nitrogens is 2. The fourth-order valence-corrected chi connectivity index (χ4v) is 2.48. The van der Waals surface area contributed by atoms with E-state index in [1.54, 1.807) is 13.3 Å². The SMILES string of the molecule is CN=C(NCc1cccc(C)n1)NCc1coc(-c2ccc(C)cc2)n1.I. The van der Waals surface area contributed by atoms with Gasteiger partial charge in [-0.1, -0.05) is 23.8 Å². The summed E-state index contributed by atoms with van der Waals surface area (Å²) in [6.07, 6.45) is 1.66. The topological polar surface area (TPSA) is 75.3 Å². The summed E-state index contributed by atoms with van der Waals surface area (Å²) in [5, 5.41) is 6.48. The molecular weight excluding hydrogens is 453 g/mol. The van der Waals surface area contributed by atoms with Crippen molar-refractivity contribution >= 4 is 29.9 Å². The van der Waals surface area contributed by atoms with Gasteiger partial charge < -0.3 is 15.1 Å². The van der Waals surface area contributed by atoms with E-state index in [0.29, 0.717) is 24.9 Å². The Hall–Kier alpha value is -2.42. The van der Waals surface area contributed by atoms with Crippen LogP contribution in [0.5, 0.6) is 0 Å². The Balaban J connectivity index is 0.00000261. The van der Waals surface area contributed by atoms with Gasteiger partial charge in [-0.2, -0.15) is 0 Å². The van der Waals surface area contributed by atoms with Gasteiger partial charge in [0.25, 0.3) is 0 Å². The van der Waals surface area contributed by atoms with Crippen LogP contribution in [0.1, 0.15) is 22.6 Å². The Kier molecular flexibility index (Phi) is 7.78. The Bertz CT molecular complexity index is 889. The first-order valence-electron chi connectivity index (χ1n) is 8.52. The highest BCUT2D eigenvalue weighted by molar-refractivity contribution is 14.0. The molecule has 0 atom stereocenters. The lowest BCUT2D eigenvalue weighted by Crippen LogP contribution is -2.36. The Morgan fingerprint density at radius 1 is 0.963 bits per heavy atom. The van der Waals surface area contributed by atoms with Gasteiger partial charge in [-0.15, -0.1) is 24.0 Å². The lowest BCUT2D eigenvalue weighted by molar-refractivity contribution is 0.572. The van der Waals surface area contributed by atoms with Crippen molar-refractivity contribution < 1.29 is 4.42 Å². The number of benzene rings is 1. The third-order valence-corrected chi connectivity index (χ3v) is 3.89. The molecule has 7 heteroatoms. The molecule has 27 heavy (non-hydrogen) atoms. The van der Waals surface area contributed by atoms with Gasteiger partial charge in [0.15, 0.2) is 5.96 Å². The summed E-state index contributed by atoms with van der Waals surface area (Å²) >= 11 is 0. The van der Waals surface area contributed by atoms with Gasteiger partial charge in [-0.3, -0.25) is 9.98 Å². The molecule has 0 spiro atoms. The number of hydrogen-bond acceptors (Lipinski definition) is 4. The van der Waals surface area contributed by atoms with Crippen molar-refractivity contribution in [1.29, 1.82) is 0 Å². The summed E-state index contributed by atoms with van der Waals surface area (Å²) < 4.78 is 5.58. The third kappa shape index (κ3) is 6.06. The second kappa shape index (κ2) is 10.1. The summed E-state index contributed by atoms with van der Waals surface area (Å²) in [4.78, 5) is 13.2. The number of pyridine rings is 1. The molecule has 0 fully saturated rings. The second-order valence-electron chi connectivity index (χ2n) is 6.06. The smallest absolute Gasteiger partial charge is 0.226 e. The van der Waals surface area contributed by atoms with Crippen LogP contribution in [0.3, 0.4) is 0 Å². The Labute approximate surface area is 176 Å². The highest BCUT2D eigenvalue weighted by Gasteiger charge is 2.07. The monoisotopic (exact) mass is 477 g/mol. The summed E-state index contributed by atoms with van der Waals surface area (Å²) in [6, 6.07) is 14.1. The Morgan fingerprint density at radius 3 is 2.33 bits per heavy atom. The minimum Gasteiger partial charge on any atom is -0.444 e. The molecule has 2 N–H and O–H groups in total. The van der Waals surface area contributed by atoms with Crippen LogP contribution in [0.15, 0.2) is 58.1 Å². The molecule has 0 amide bonds. The largest absolute Gasteiger partial charge is 0.444 e. The first-order valence-corrected chi connectivity index (χ1v) is 8.52. The summed E-state index contributed by atoms with van der Waals surface area (Å²) in [5.74, 6) is 1.31. The van der Waals surface area contributed by atoms with Crippen LogP contribution < -0.4 is 10.6 Å². The standard InChI is InChI=1S/C20H23N5O.HI/c1-14-7-9-16(10-8-14)19-25-18(13-26-19)12-23-20(21-3)22-11-17-6-4-5-15(2)24-17;/h4-10,13H,11-12H2,1-3H3,(H2,21,22,23);1H. The fraction of sp³-hybridized carbons (Fsp3) is 0.250. The Morgan fingerprint density at radius 2 is 1.67 bits per heavy atom. The minimum atomic E-state index is 0. The summed E-state index contributed by atoms with van der Waals surface area (Å²) in [7, 11) is 1.74. The molecule has 2 heterocycles. The predicted octanol–water partition coefficient (Wildman–Crippen LogP) is 3.84. The second-order valence-corrected chi connectivity index (χ2v) is 6.06. The molecule has 2 aromatic heterocycles. The zero-order valence-electron chi connectivity index (χ0n) is 15.7. The highest BCUT2D eigenvalue weighted by Crippen LogP contribution is 2.18. The fourth-order valence-electron chi connectivity index (χ4n) is 2.48. The predicted molar refractivity (Wildman–Crippen MR) is 118 cm³/mol. The number of nitrogens with one attached hydrogen (secondary N) is 2. The van der Waals surface area contributed by atoms with Gasteiger partial charge in [0.1, 0.15) is 6.26 Å². The van der Waals surface area contributed by atoms with E-state index in [1.165, 1.54) is 5.56 Å². The lowest BCUT2D eigenvalue weighted by atomic mass is 10.1. The van der Waals surface area contributed by atoms with Gasteiger partial charge in [0.2, 0.25) is 5.89 Å². The molecule has 0 saturated carbocycles. The van der Waals surface area contributed by atoms with E-state index in [1.807, 2.05) is 49.4 Å². The first-order chi connectivity index (χ1) is 12.6. The van der Waals surface area contributed by atoms with Crippen molar-refractivity contribution in [2.24, 2.45) is 4.99 Å². The quantitative estimate of drug-likeness (QED) is 0.332. The summed E-state index contributed by atoms with van der Waals surface area (Å²) in [6.45, 7) is 5.16. The van der Waals surface area contributed by atoms with Crippen molar-refractivity contribution in [3.05, 3.63) is 71.4 Å². The molecule has 0 radical (unpaired) electrons. The third-order valence-electron chi connectivity index (χ3n) is 3.89.